The van der Waals surface area contributed by atoms with Gasteiger partial charge in [-0.25, -0.2) is 0 Å². The van der Waals surface area contributed by atoms with Crippen LogP contribution in [0.3, 0.4) is 0 Å². The molecule has 0 aromatic heterocycles. The maximum atomic E-state index is 11.0. The standard InChI is InChI=1S/C7H12O3/c1-9-4-6-5-10-3-2-7(6)8/h6H,2-5H2,1H3/t6-/m0/s1. The maximum Gasteiger partial charge on any atom is 0.142 e. The van der Waals surface area contributed by atoms with Gasteiger partial charge in [-0.15, -0.1) is 0 Å². The van der Waals surface area contributed by atoms with E-state index in [0.29, 0.717) is 26.2 Å². The van der Waals surface area contributed by atoms with E-state index in [0.717, 1.165) is 0 Å². The molecule has 1 fully saturated rings. The molecule has 1 heterocycles. The molecule has 1 saturated heterocycles. The molecule has 0 amide bonds. The van der Waals surface area contributed by atoms with Crippen molar-refractivity contribution in [1.82, 2.24) is 0 Å². The van der Waals surface area contributed by atoms with Crippen LogP contribution in [0.2, 0.25) is 0 Å². The predicted octanol–water partition coefficient (Wildman–Crippen LogP) is 0.238. The molecule has 0 N–H and O–H groups in total. The highest BCUT2D eigenvalue weighted by Crippen LogP contribution is 2.09. The third kappa shape index (κ3) is 1.78. The summed E-state index contributed by atoms with van der Waals surface area (Å²) in [5.74, 6) is 0.256. The number of hydrogen-bond donors (Lipinski definition) is 0. The summed E-state index contributed by atoms with van der Waals surface area (Å²) in [6, 6.07) is 0. The third-order valence-corrected chi connectivity index (χ3v) is 1.64. The van der Waals surface area contributed by atoms with Gasteiger partial charge in [0.1, 0.15) is 5.78 Å². The van der Waals surface area contributed by atoms with Crippen LogP contribution in [0.4, 0.5) is 0 Å². The Hall–Kier alpha value is -0.410. The molecule has 10 heavy (non-hydrogen) atoms. The molecular formula is C7H12O3. The molecule has 0 radical (unpaired) electrons. The highest BCUT2D eigenvalue weighted by Gasteiger charge is 2.21. The van der Waals surface area contributed by atoms with Gasteiger partial charge in [0.25, 0.3) is 0 Å². The Morgan fingerprint density at radius 1 is 1.80 bits per heavy atom. The van der Waals surface area contributed by atoms with E-state index in [2.05, 4.69) is 0 Å². The van der Waals surface area contributed by atoms with Crippen LogP contribution in [0.5, 0.6) is 0 Å². The number of rotatable bonds is 2. The number of carbonyl (C=O) groups excluding carboxylic acids is 1. The van der Waals surface area contributed by atoms with Gasteiger partial charge in [0.05, 0.1) is 25.7 Å². The second-order valence-electron chi connectivity index (χ2n) is 2.44. The Balaban J connectivity index is 2.32. The van der Waals surface area contributed by atoms with Crippen LogP contribution in [0.15, 0.2) is 0 Å². The molecule has 0 bridgehead atoms. The maximum absolute atomic E-state index is 11.0. The molecule has 3 nitrogen and oxygen atoms in total. The van der Waals surface area contributed by atoms with Crippen molar-refractivity contribution < 1.29 is 14.3 Å². The van der Waals surface area contributed by atoms with Crippen LogP contribution >= 0.6 is 0 Å². The fourth-order valence-corrected chi connectivity index (χ4v) is 1.04. The van der Waals surface area contributed by atoms with Crippen LogP contribution in [0.1, 0.15) is 6.42 Å². The van der Waals surface area contributed by atoms with E-state index in [4.69, 9.17) is 9.47 Å². The Kier molecular flexibility index (Phi) is 2.83. The lowest BCUT2D eigenvalue weighted by Crippen LogP contribution is -2.30. The summed E-state index contributed by atoms with van der Waals surface area (Å²) in [6.45, 7) is 1.62. The van der Waals surface area contributed by atoms with Crippen molar-refractivity contribution in [2.45, 2.75) is 6.42 Å². The van der Waals surface area contributed by atoms with Crippen LogP contribution in [0.25, 0.3) is 0 Å². The Bertz CT molecular complexity index is 120. The minimum absolute atomic E-state index is 0.0150. The topological polar surface area (TPSA) is 35.5 Å². The average Bonchev–Trinajstić information content (AvgIpc) is 1.94. The molecule has 1 rings (SSSR count). The summed E-state index contributed by atoms with van der Waals surface area (Å²) in [5, 5.41) is 0. The number of ketones is 1. The molecule has 0 unspecified atom stereocenters. The van der Waals surface area contributed by atoms with Crippen LogP contribution < -0.4 is 0 Å². The van der Waals surface area contributed by atoms with Crippen molar-refractivity contribution in [1.29, 1.82) is 0 Å². The Labute approximate surface area is 60.3 Å². The summed E-state index contributed by atoms with van der Waals surface area (Å²) >= 11 is 0. The molecule has 0 aromatic carbocycles. The lowest BCUT2D eigenvalue weighted by molar-refractivity contribution is -0.132. The summed E-state index contributed by atoms with van der Waals surface area (Å²) in [7, 11) is 1.60. The molecular weight excluding hydrogens is 132 g/mol. The number of hydrogen-bond acceptors (Lipinski definition) is 3. The van der Waals surface area contributed by atoms with E-state index in [1.165, 1.54) is 0 Å². The van der Waals surface area contributed by atoms with Gasteiger partial charge in [-0.2, -0.15) is 0 Å². The van der Waals surface area contributed by atoms with E-state index in [1.54, 1.807) is 7.11 Å². The molecule has 1 aliphatic rings. The lowest BCUT2D eigenvalue weighted by atomic mass is 10.0. The minimum atomic E-state index is -0.0150. The first-order valence-corrected chi connectivity index (χ1v) is 3.44. The molecule has 58 valence electrons. The van der Waals surface area contributed by atoms with E-state index < -0.39 is 0 Å². The van der Waals surface area contributed by atoms with Crippen molar-refractivity contribution in [2.75, 3.05) is 26.9 Å². The molecule has 3 heteroatoms. The molecule has 0 aliphatic carbocycles. The van der Waals surface area contributed by atoms with Gasteiger partial charge in [0.15, 0.2) is 0 Å². The first-order chi connectivity index (χ1) is 4.84. The summed E-state index contributed by atoms with van der Waals surface area (Å²) in [5.41, 5.74) is 0. The second kappa shape index (κ2) is 3.68. The zero-order valence-corrected chi connectivity index (χ0v) is 6.13. The highest BCUT2D eigenvalue weighted by atomic mass is 16.5. The zero-order valence-electron chi connectivity index (χ0n) is 6.13. The van der Waals surface area contributed by atoms with Crippen molar-refractivity contribution in [3.05, 3.63) is 0 Å². The number of ether oxygens (including phenoxy) is 2. The van der Waals surface area contributed by atoms with Gasteiger partial charge in [0, 0.05) is 13.5 Å². The summed E-state index contributed by atoms with van der Waals surface area (Å²) in [4.78, 5) is 11.0. The van der Waals surface area contributed by atoms with E-state index >= 15 is 0 Å². The van der Waals surface area contributed by atoms with Crippen molar-refractivity contribution in [3.8, 4) is 0 Å². The van der Waals surface area contributed by atoms with Gasteiger partial charge in [0.2, 0.25) is 0 Å². The van der Waals surface area contributed by atoms with Gasteiger partial charge in [-0.05, 0) is 0 Å². The monoisotopic (exact) mass is 144 g/mol. The molecule has 0 saturated carbocycles. The number of carbonyl (C=O) groups is 1. The van der Waals surface area contributed by atoms with E-state index in [1.807, 2.05) is 0 Å². The first-order valence-electron chi connectivity index (χ1n) is 3.44. The van der Waals surface area contributed by atoms with E-state index in [-0.39, 0.29) is 11.7 Å². The van der Waals surface area contributed by atoms with Crippen molar-refractivity contribution in [3.63, 3.8) is 0 Å². The van der Waals surface area contributed by atoms with Crippen LogP contribution in [-0.4, -0.2) is 32.7 Å². The van der Waals surface area contributed by atoms with Crippen LogP contribution in [0, 0.1) is 5.92 Å². The molecule has 1 atom stereocenters. The summed E-state index contributed by atoms with van der Waals surface area (Å²) < 4.78 is 9.96. The first kappa shape index (κ1) is 7.69. The number of methoxy groups -OCH3 is 1. The van der Waals surface area contributed by atoms with E-state index in [9.17, 15) is 4.79 Å². The fourth-order valence-electron chi connectivity index (χ4n) is 1.04. The average molecular weight is 144 g/mol. The van der Waals surface area contributed by atoms with Gasteiger partial charge < -0.3 is 9.47 Å². The second-order valence-corrected chi connectivity index (χ2v) is 2.44. The molecule has 0 spiro atoms. The highest BCUT2D eigenvalue weighted by molar-refractivity contribution is 5.81. The predicted molar refractivity (Wildman–Crippen MR) is 35.8 cm³/mol. The fraction of sp³-hybridized carbons (Fsp3) is 0.857. The lowest BCUT2D eigenvalue weighted by Gasteiger charge is -2.19. The third-order valence-electron chi connectivity index (χ3n) is 1.64. The molecule has 0 aromatic rings. The Morgan fingerprint density at radius 2 is 2.60 bits per heavy atom. The quantitative estimate of drug-likeness (QED) is 0.557. The largest absolute Gasteiger partial charge is 0.384 e. The van der Waals surface area contributed by atoms with Gasteiger partial charge >= 0.3 is 0 Å². The van der Waals surface area contributed by atoms with Crippen molar-refractivity contribution >= 4 is 5.78 Å². The summed E-state index contributed by atoms with van der Waals surface area (Å²) in [6.07, 6.45) is 0.550. The zero-order chi connectivity index (χ0) is 7.40. The van der Waals surface area contributed by atoms with Crippen LogP contribution in [-0.2, 0) is 14.3 Å². The molecule has 1 aliphatic heterocycles. The Morgan fingerprint density at radius 3 is 3.20 bits per heavy atom. The van der Waals surface area contributed by atoms with Gasteiger partial charge in [-0.3, -0.25) is 4.79 Å². The van der Waals surface area contributed by atoms with Crippen molar-refractivity contribution in [2.24, 2.45) is 5.92 Å². The normalized spacial score (nSPS) is 26.9. The number of Topliss-reactive ketones (excluding diaryl/α,β-unsaturated/α-hetero) is 1. The smallest absolute Gasteiger partial charge is 0.142 e. The SMILES string of the molecule is COC[C@H]1COCCC1=O. The van der Waals surface area contributed by atoms with Gasteiger partial charge in [-0.1, -0.05) is 0 Å². The minimum Gasteiger partial charge on any atom is -0.384 e.